The van der Waals surface area contributed by atoms with Crippen LogP contribution in [0.5, 0.6) is 11.6 Å². The zero-order chi connectivity index (χ0) is 29.2. The van der Waals surface area contributed by atoms with E-state index in [1.807, 2.05) is 45.9 Å². The van der Waals surface area contributed by atoms with Gasteiger partial charge in [-0.15, -0.1) is 0 Å². The van der Waals surface area contributed by atoms with Gasteiger partial charge < -0.3 is 14.4 Å². The molecule has 2 aromatic carbocycles. The van der Waals surface area contributed by atoms with Crippen LogP contribution in [0, 0.1) is 36.8 Å². The molecule has 12 nitrogen and oxygen atoms in total. The Bertz CT molecular complexity index is 1540. The van der Waals surface area contributed by atoms with E-state index in [0.717, 1.165) is 17.2 Å². The molecule has 3 aromatic rings. The normalized spacial score (nSPS) is 14.0. The highest BCUT2D eigenvalue weighted by atomic mass is 32.2. The van der Waals surface area contributed by atoms with Crippen LogP contribution in [0.3, 0.4) is 0 Å². The molecule has 0 spiro atoms. The number of morpholine rings is 1. The highest BCUT2D eigenvalue weighted by Gasteiger charge is 2.30. The summed E-state index contributed by atoms with van der Waals surface area (Å²) in [6.45, 7) is 10.9. The summed E-state index contributed by atoms with van der Waals surface area (Å²) in [5.41, 5.74) is 2.58. The maximum atomic E-state index is 13.5. The Kier molecular flexibility index (Phi) is 8.57. The number of nitro benzene ring substituents is 1. The van der Waals surface area contributed by atoms with Gasteiger partial charge in [0.05, 0.1) is 23.8 Å². The van der Waals surface area contributed by atoms with Crippen molar-refractivity contribution in [3.63, 3.8) is 0 Å². The number of nitrogens with one attached hydrogen (secondary N) is 1. The molecule has 1 amide bonds. The molecule has 0 aliphatic carbocycles. The average Bonchev–Trinajstić information content (AvgIpc) is 3.24. The second-order valence-corrected chi connectivity index (χ2v) is 11.9. The molecule has 4 rings (SSSR count). The highest BCUT2D eigenvalue weighted by Crippen LogP contribution is 2.36. The van der Waals surface area contributed by atoms with Crippen molar-refractivity contribution in [2.45, 2.75) is 39.5 Å². The molecule has 1 N–H and O–H groups in total. The number of carbonyl (C=O) groups is 1. The first-order chi connectivity index (χ1) is 18.9. The van der Waals surface area contributed by atoms with Crippen LogP contribution in [0.25, 0.3) is 5.69 Å². The van der Waals surface area contributed by atoms with Gasteiger partial charge >= 0.3 is 0 Å². The molecule has 1 aromatic heterocycles. The van der Waals surface area contributed by atoms with E-state index in [1.54, 1.807) is 11.8 Å². The van der Waals surface area contributed by atoms with Crippen molar-refractivity contribution in [3.8, 4) is 17.3 Å². The molecule has 0 atom stereocenters. The molecule has 2 heterocycles. The fraction of sp³-hybridized carbons (Fsp3) is 0.407. The van der Waals surface area contributed by atoms with Gasteiger partial charge in [-0.2, -0.15) is 9.78 Å². The molecule has 40 heavy (non-hydrogen) atoms. The van der Waals surface area contributed by atoms with Gasteiger partial charge in [0.2, 0.25) is 15.9 Å². The van der Waals surface area contributed by atoms with Gasteiger partial charge in [-0.3, -0.25) is 14.9 Å². The lowest BCUT2D eigenvalue weighted by Crippen LogP contribution is -2.41. The zero-order valence-electron chi connectivity index (χ0n) is 23.1. The Morgan fingerprint density at radius 1 is 1.15 bits per heavy atom. The molecule has 1 aliphatic heterocycles. The summed E-state index contributed by atoms with van der Waals surface area (Å²) in [4.78, 5) is 25.5. The summed E-state index contributed by atoms with van der Waals surface area (Å²) in [5, 5.41) is 16.1. The van der Waals surface area contributed by atoms with Crippen molar-refractivity contribution < 1.29 is 27.6 Å². The van der Waals surface area contributed by atoms with Crippen molar-refractivity contribution in [1.82, 2.24) is 19.4 Å². The number of amides is 1. The van der Waals surface area contributed by atoms with Gasteiger partial charge in [0.25, 0.3) is 11.6 Å². The van der Waals surface area contributed by atoms with Crippen molar-refractivity contribution in [2.75, 3.05) is 32.8 Å². The number of aromatic nitrogens is 2. The molecule has 214 valence electrons. The molecule has 0 bridgehead atoms. The number of nitrogens with zero attached hydrogens (tertiary/aromatic N) is 4. The molecule has 13 heteroatoms. The lowest BCUT2D eigenvalue weighted by molar-refractivity contribution is -0.385. The van der Waals surface area contributed by atoms with E-state index in [2.05, 4.69) is 9.82 Å². The van der Waals surface area contributed by atoms with Crippen molar-refractivity contribution in [3.05, 3.63) is 68.9 Å². The minimum atomic E-state index is -4.19. The van der Waals surface area contributed by atoms with Crippen LogP contribution in [0.15, 0.2) is 41.3 Å². The van der Waals surface area contributed by atoms with Crippen LogP contribution in [0.4, 0.5) is 5.69 Å². The summed E-state index contributed by atoms with van der Waals surface area (Å²) < 4.78 is 42.1. The highest BCUT2D eigenvalue weighted by molar-refractivity contribution is 7.89. The Morgan fingerprint density at radius 2 is 1.85 bits per heavy atom. The molecule has 0 unspecified atom stereocenters. The minimum Gasteiger partial charge on any atom is -0.437 e. The molecular formula is C27H33N5O7S. The molecule has 1 saturated heterocycles. The fourth-order valence-electron chi connectivity index (χ4n) is 4.19. The molecule has 1 fully saturated rings. The molecule has 0 saturated carbocycles. The van der Waals surface area contributed by atoms with Gasteiger partial charge in [-0.1, -0.05) is 26.0 Å². The number of sulfonamides is 1. The third-order valence-corrected chi connectivity index (χ3v) is 7.92. The predicted octanol–water partition coefficient (Wildman–Crippen LogP) is 3.90. The first kappa shape index (κ1) is 29.2. The average molecular weight is 572 g/mol. The second kappa shape index (κ2) is 11.7. The van der Waals surface area contributed by atoms with Crippen LogP contribution in [-0.4, -0.2) is 66.8 Å². The van der Waals surface area contributed by atoms with E-state index in [0.29, 0.717) is 37.6 Å². The lowest BCUT2D eigenvalue weighted by atomic mass is 10.1. The van der Waals surface area contributed by atoms with E-state index in [1.165, 1.54) is 16.8 Å². The number of nitro groups is 1. The number of ether oxygens (including phenoxy) is 2. The van der Waals surface area contributed by atoms with E-state index < -0.39 is 25.5 Å². The number of hydrogen-bond acceptors (Lipinski definition) is 8. The maximum absolute atomic E-state index is 13.5. The monoisotopic (exact) mass is 571 g/mol. The van der Waals surface area contributed by atoms with Crippen molar-refractivity contribution in [1.29, 1.82) is 0 Å². The minimum absolute atomic E-state index is 0.000397. The Balaban J connectivity index is 1.88. The number of benzene rings is 2. The summed E-state index contributed by atoms with van der Waals surface area (Å²) in [5.74, 6) is -0.314. The number of hydrogen-bond donors (Lipinski definition) is 1. The van der Waals surface area contributed by atoms with Crippen molar-refractivity contribution in [2.24, 2.45) is 5.92 Å². The summed E-state index contributed by atoms with van der Waals surface area (Å²) in [7, 11) is -4.19. The summed E-state index contributed by atoms with van der Waals surface area (Å²) in [6.07, 6.45) is 0. The number of rotatable bonds is 9. The third-order valence-electron chi connectivity index (χ3n) is 6.48. The van der Waals surface area contributed by atoms with E-state index in [4.69, 9.17) is 9.47 Å². The Hall–Kier alpha value is -3.81. The van der Waals surface area contributed by atoms with E-state index in [9.17, 15) is 23.3 Å². The number of non-ortho nitro benzene ring substituents is 1. The Labute approximate surface area is 233 Å². The predicted molar refractivity (Wildman–Crippen MR) is 148 cm³/mol. The van der Waals surface area contributed by atoms with E-state index in [-0.39, 0.29) is 35.7 Å². The van der Waals surface area contributed by atoms with Gasteiger partial charge in [0, 0.05) is 37.3 Å². The standard InChI is InChI=1S/C27H33N5O7S/c1-17(2)16-28-40(36,37)24-15-21(32(34)35)8-9-23(24)39-27-20(5)25(26(33)30-10-12-38-13-11-30)29-31(27)22-14-18(3)6-7-19(22)4/h6-9,14-15,17,28H,10-13,16H2,1-5H3. The first-order valence-corrected chi connectivity index (χ1v) is 14.4. The summed E-state index contributed by atoms with van der Waals surface area (Å²) >= 11 is 0. The number of carbonyl (C=O) groups excluding carboxylic acids is 1. The smallest absolute Gasteiger partial charge is 0.274 e. The quantitative estimate of drug-likeness (QED) is 0.301. The van der Waals surface area contributed by atoms with E-state index >= 15 is 0 Å². The maximum Gasteiger partial charge on any atom is 0.274 e. The van der Waals surface area contributed by atoms with Crippen LogP contribution in [0.1, 0.15) is 41.0 Å². The van der Waals surface area contributed by atoms with Crippen LogP contribution >= 0.6 is 0 Å². The van der Waals surface area contributed by atoms with Gasteiger partial charge in [-0.25, -0.2) is 13.1 Å². The van der Waals surface area contributed by atoms with Crippen LogP contribution in [-0.2, 0) is 14.8 Å². The molecule has 1 aliphatic rings. The zero-order valence-corrected chi connectivity index (χ0v) is 23.9. The van der Waals surface area contributed by atoms with Crippen LogP contribution in [0.2, 0.25) is 0 Å². The topological polar surface area (TPSA) is 146 Å². The second-order valence-electron chi connectivity index (χ2n) is 10.1. The largest absolute Gasteiger partial charge is 0.437 e. The fourth-order valence-corrected chi connectivity index (χ4v) is 5.55. The van der Waals surface area contributed by atoms with Gasteiger partial charge in [0.1, 0.15) is 10.6 Å². The Morgan fingerprint density at radius 3 is 2.50 bits per heavy atom. The lowest BCUT2D eigenvalue weighted by Gasteiger charge is -2.26. The SMILES string of the molecule is Cc1ccc(C)c(-n2nc(C(=O)N3CCOCC3)c(C)c2Oc2ccc([N+](=O)[O-])cc2S(=O)(=O)NCC(C)C)c1. The third kappa shape index (κ3) is 6.16. The number of aryl methyl sites for hydroxylation is 2. The summed E-state index contributed by atoms with van der Waals surface area (Å²) in [6, 6.07) is 9.11. The van der Waals surface area contributed by atoms with Crippen molar-refractivity contribution >= 4 is 21.6 Å². The van der Waals surface area contributed by atoms with Gasteiger partial charge in [-0.05, 0) is 49.9 Å². The first-order valence-electron chi connectivity index (χ1n) is 12.9. The molecule has 0 radical (unpaired) electrons. The van der Waals surface area contributed by atoms with Crippen LogP contribution < -0.4 is 9.46 Å². The van der Waals surface area contributed by atoms with Gasteiger partial charge in [0.15, 0.2) is 5.69 Å². The molecular weight excluding hydrogens is 538 g/mol.